The molecule has 0 fully saturated rings. The van der Waals surface area contributed by atoms with Crippen molar-refractivity contribution in [3.8, 4) is 0 Å². The van der Waals surface area contributed by atoms with Crippen molar-refractivity contribution in [3.05, 3.63) is 63.2 Å². The van der Waals surface area contributed by atoms with Crippen LogP contribution in [-0.4, -0.2) is 19.9 Å². The number of halogens is 1. The van der Waals surface area contributed by atoms with Crippen molar-refractivity contribution in [1.82, 2.24) is 0 Å². The number of nitrogens with zero attached hydrogens (tertiary/aromatic N) is 2. The Hall–Kier alpha value is -2.12. The van der Waals surface area contributed by atoms with Crippen LogP contribution < -0.4 is 4.31 Å². The first-order valence-electron chi connectivity index (χ1n) is 7.46. The van der Waals surface area contributed by atoms with Crippen LogP contribution in [0.1, 0.15) is 18.4 Å². The fourth-order valence-corrected chi connectivity index (χ4v) is 4.78. The zero-order chi connectivity index (χ0) is 17.3. The normalized spacial score (nSPS) is 14.8. The van der Waals surface area contributed by atoms with Gasteiger partial charge in [0.25, 0.3) is 15.7 Å². The summed E-state index contributed by atoms with van der Waals surface area (Å²) in [6.45, 7) is 0.281. The molecule has 0 bridgehead atoms. The number of nitro groups is 1. The fraction of sp³-hybridized carbons (Fsp3) is 0.250. The van der Waals surface area contributed by atoms with E-state index in [9.17, 15) is 18.5 Å². The van der Waals surface area contributed by atoms with Crippen LogP contribution >= 0.6 is 11.6 Å². The van der Waals surface area contributed by atoms with E-state index in [2.05, 4.69) is 0 Å². The summed E-state index contributed by atoms with van der Waals surface area (Å²) in [5.41, 5.74) is 0.953. The maximum Gasteiger partial charge on any atom is 0.289 e. The summed E-state index contributed by atoms with van der Waals surface area (Å²) in [7, 11) is -4.04. The van der Waals surface area contributed by atoms with Crippen molar-refractivity contribution in [1.29, 1.82) is 0 Å². The van der Waals surface area contributed by atoms with Crippen LogP contribution in [0.3, 0.4) is 0 Å². The van der Waals surface area contributed by atoms with E-state index in [0.29, 0.717) is 17.1 Å². The molecule has 6 nitrogen and oxygen atoms in total. The van der Waals surface area contributed by atoms with Crippen LogP contribution in [0.25, 0.3) is 0 Å². The first-order valence-corrected chi connectivity index (χ1v) is 9.27. The second-order valence-corrected chi connectivity index (χ2v) is 7.80. The SMILES string of the molecule is O=[N+]([O-])c1ccccc1S(=O)(=O)N1CCCCc2cc(Cl)ccc21. The van der Waals surface area contributed by atoms with E-state index in [1.54, 1.807) is 18.2 Å². The Bertz CT molecular complexity index is 899. The summed E-state index contributed by atoms with van der Waals surface area (Å²) in [5.74, 6) is 0. The molecule has 24 heavy (non-hydrogen) atoms. The van der Waals surface area contributed by atoms with Gasteiger partial charge in [-0.2, -0.15) is 0 Å². The van der Waals surface area contributed by atoms with Crippen LogP contribution in [-0.2, 0) is 16.4 Å². The Kier molecular flexibility index (Phi) is 4.47. The number of benzene rings is 2. The van der Waals surface area contributed by atoms with Crippen LogP contribution in [0.5, 0.6) is 0 Å². The van der Waals surface area contributed by atoms with E-state index >= 15 is 0 Å². The highest BCUT2D eigenvalue weighted by molar-refractivity contribution is 7.93. The standard InChI is InChI=1S/C16H15ClN2O4S/c17-13-8-9-14-12(11-13)5-3-4-10-18(14)24(22,23)16-7-2-1-6-15(16)19(20)21/h1-2,6-9,11H,3-5,10H2. The van der Waals surface area contributed by atoms with Gasteiger partial charge < -0.3 is 0 Å². The molecule has 0 spiro atoms. The molecule has 0 saturated heterocycles. The second-order valence-electron chi connectivity index (χ2n) is 5.53. The van der Waals surface area contributed by atoms with E-state index in [0.717, 1.165) is 18.4 Å². The molecule has 1 aliphatic rings. The molecule has 3 rings (SSSR count). The van der Waals surface area contributed by atoms with E-state index in [4.69, 9.17) is 11.6 Å². The average Bonchev–Trinajstić information content (AvgIpc) is 2.77. The summed E-state index contributed by atoms with van der Waals surface area (Å²) in [4.78, 5) is 10.2. The predicted molar refractivity (Wildman–Crippen MR) is 92.0 cm³/mol. The van der Waals surface area contributed by atoms with Gasteiger partial charge in [-0.25, -0.2) is 8.42 Å². The van der Waals surface area contributed by atoms with Crippen LogP contribution in [0.15, 0.2) is 47.4 Å². The number of aryl methyl sites for hydroxylation is 1. The first-order chi connectivity index (χ1) is 11.4. The molecule has 0 unspecified atom stereocenters. The predicted octanol–water partition coefficient (Wildman–Crippen LogP) is 3.78. The minimum absolute atomic E-state index is 0.281. The third-order valence-electron chi connectivity index (χ3n) is 4.00. The molecular formula is C16H15ClN2O4S. The fourth-order valence-electron chi connectivity index (χ4n) is 2.88. The minimum Gasteiger partial charge on any atom is -0.266 e. The number of sulfonamides is 1. The molecule has 0 aromatic heterocycles. The molecule has 2 aromatic carbocycles. The molecule has 1 heterocycles. The van der Waals surface area contributed by atoms with Crippen molar-refractivity contribution < 1.29 is 13.3 Å². The van der Waals surface area contributed by atoms with Crippen molar-refractivity contribution in [2.45, 2.75) is 24.2 Å². The second kappa shape index (κ2) is 6.41. The number of para-hydroxylation sites is 1. The van der Waals surface area contributed by atoms with E-state index in [1.165, 1.54) is 28.6 Å². The maximum atomic E-state index is 13.1. The molecule has 0 radical (unpaired) electrons. The highest BCUT2D eigenvalue weighted by Crippen LogP contribution is 2.35. The first kappa shape index (κ1) is 16.7. The van der Waals surface area contributed by atoms with E-state index < -0.39 is 20.6 Å². The molecule has 8 heteroatoms. The highest BCUT2D eigenvalue weighted by Gasteiger charge is 2.33. The minimum atomic E-state index is -4.04. The van der Waals surface area contributed by atoms with Crippen molar-refractivity contribution in [2.24, 2.45) is 0 Å². The monoisotopic (exact) mass is 366 g/mol. The van der Waals surface area contributed by atoms with Gasteiger partial charge in [0.15, 0.2) is 4.90 Å². The number of anilines is 1. The lowest BCUT2D eigenvalue weighted by molar-refractivity contribution is -0.387. The lowest BCUT2D eigenvalue weighted by Crippen LogP contribution is -2.32. The third kappa shape index (κ3) is 2.97. The molecule has 2 aromatic rings. The molecule has 0 atom stereocenters. The summed E-state index contributed by atoms with van der Waals surface area (Å²) >= 11 is 6.02. The lowest BCUT2D eigenvalue weighted by Gasteiger charge is -2.24. The van der Waals surface area contributed by atoms with Crippen molar-refractivity contribution >= 4 is 33.0 Å². The molecule has 0 amide bonds. The van der Waals surface area contributed by atoms with Crippen LogP contribution in [0.4, 0.5) is 11.4 Å². The van der Waals surface area contributed by atoms with Gasteiger partial charge in [-0.3, -0.25) is 14.4 Å². The zero-order valence-electron chi connectivity index (χ0n) is 12.7. The van der Waals surface area contributed by atoms with Gasteiger partial charge in [0, 0.05) is 17.6 Å². The topological polar surface area (TPSA) is 80.5 Å². The van der Waals surface area contributed by atoms with Gasteiger partial charge in [-0.15, -0.1) is 0 Å². The molecular weight excluding hydrogens is 352 g/mol. The summed E-state index contributed by atoms with van der Waals surface area (Å²) in [6.07, 6.45) is 2.22. The summed E-state index contributed by atoms with van der Waals surface area (Å²) in [5, 5.41) is 11.8. The van der Waals surface area contributed by atoms with Gasteiger partial charge in [-0.1, -0.05) is 23.7 Å². The van der Waals surface area contributed by atoms with Crippen molar-refractivity contribution in [3.63, 3.8) is 0 Å². The van der Waals surface area contributed by atoms with Gasteiger partial charge in [0.05, 0.1) is 10.6 Å². The molecule has 0 N–H and O–H groups in total. The summed E-state index contributed by atoms with van der Waals surface area (Å²) < 4.78 is 27.5. The van der Waals surface area contributed by atoms with Gasteiger partial charge in [0.2, 0.25) is 0 Å². The van der Waals surface area contributed by atoms with Gasteiger partial charge >= 0.3 is 0 Å². The Balaban J connectivity index is 2.16. The Morgan fingerprint density at radius 2 is 1.88 bits per heavy atom. The molecule has 0 aliphatic carbocycles. The molecule has 0 saturated carbocycles. The van der Waals surface area contributed by atoms with E-state index in [1.807, 2.05) is 0 Å². The Labute approximate surface area is 144 Å². The van der Waals surface area contributed by atoms with Crippen molar-refractivity contribution in [2.75, 3.05) is 10.8 Å². The molecule has 1 aliphatic heterocycles. The highest BCUT2D eigenvalue weighted by atomic mass is 35.5. The van der Waals surface area contributed by atoms with Gasteiger partial charge in [-0.05, 0) is 49.1 Å². The Morgan fingerprint density at radius 3 is 2.62 bits per heavy atom. The lowest BCUT2D eigenvalue weighted by atomic mass is 10.1. The maximum absolute atomic E-state index is 13.1. The van der Waals surface area contributed by atoms with Gasteiger partial charge in [0.1, 0.15) is 0 Å². The number of hydrogen-bond acceptors (Lipinski definition) is 4. The van der Waals surface area contributed by atoms with Crippen LogP contribution in [0, 0.1) is 10.1 Å². The number of fused-ring (bicyclic) bond motifs is 1. The Morgan fingerprint density at radius 1 is 1.12 bits per heavy atom. The largest absolute Gasteiger partial charge is 0.289 e. The number of nitro benzene ring substituents is 1. The zero-order valence-corrected chi connectivity index (χ0v) is 14.3. The average molecular weight is 367 g/mol. The third-order valence-corrected chi connectivity index (χ3v) is 6.09. The number of hydrogen-bond donors (Lipinski definition) is 0. The van der Waals surface area contributed by atoms with E-state index in [-0.39, 0.29) is 11.4 Å². The number of rotatable bonds is 3. The smallest absolute Gasteiger partial charge is 0.266 e. The summed E-state index contributed by atoms with van der Waals surface area (Å²) in [6, 6.07) is 10.5. The van der Waals surface area contributed by atoms with Crippen LogP contribution in [0.2, 0.25) is 5.02 Å². The molecule has 126 valence electrons. The quantitative estimate of drug-likeness (QED) is 0.611.